The Labute approximate surface area is 134 Å². The highest BCUT2D eigenvalue weighted by molar-refractivity contribution is 6.30. The SMILES string of the molecule is O=C(NCC1CCCNC1)c1cn[nH]c1-c1cccc(Cl)c1. The fourth-order valence-electron chi connectivity index (χ4n) is 2.75. The molecule has 1 atom stereocenters. The van der Waals surface area contributed by atoms with Crippen LogP contribution < -0.4 is 10.6 Å². The highest BCUT2D eigenvalue weighted by Gasteiger charge is 2.18. The lowest BCUT2D eigenvalue weighted by Gasteiger charge is -2.22. The molecule has 5 nitrogen and oxygen atoms in total. The molecule has 22 heavy (non-hydrogen) atoms. The molecule has 1 aliphatic rings. The number of hydrogen-bond donors (Lipinski definition) is 3. The van der Waals surface area contributed by atoms with Crippen LogP contribution >= 0.6 is 11.6 Å². The van der Waals surface area contributed by atoms with Crippen LogP contribution in [-0.2, 0) is 0 Å². The van der Waals surface area contributed by atoms with E-state index in [2.05, 4.69) is 20.8 Å². The Morgan fingerprint density at radius 2 is 2.36 bits per heavy atom. The third kappa shape index (κ3) is 3.48. The summed E-state index contributed by atoms with van der Waals surface area (Å²) in [5.74, 6) is 0.397. The van der Waals surface area contributed by atoms with E-state index in [0.717, 1.165) is 25.1 Å². The lowest BCUT2D eigenvalue weighted by molar-refractivity contribution is 0.0945. The van der Waals surface area contributed by atoms with Gasteiger partial charge in [-0.25, -0.2) is 0 Å². The van der Waals surface area contributed by atoms with E-state index in [4.69, 9.17) is 11.6 Å². The van der Waals surface area contributed by atoms with Gasteiger partial charge in [-0.05, 0) is 44.0 Å². The number of carbonyl (C=O) groups excluding carboxylic acids is 1. The number of piperidine rings is 1. The fraction of sp³-hybridized carbons (Fsp3) is 0.375. The van der Waals surface area contributed by atoms with Crippen molar-refractivity contribution in [1.29, 1.82) is 0 Å². The van der Waals surface area contributed by atoms with Gasteiger partial charge in [-0.2, -0.15) is 5.10 Å². The summed E-state index contributed by atoms with van der Waals surface area (Å²) in [4.78, 5) is 12.4. The number of carbonyl (C=O) groups is 1. The topological polar surface area (TPSA) is 69.8 Å². The van der Waals surface area contributed by atoms with E-state index in [0.29, 0.717) is 28.7 Å². The first kappa shape index (κ1) is 15.1. The van der Waals surface area contributed by atoms with Crippen LogP contribution in [0.25, 0.3) is 11.3 Å². The summed E-state index contributed by atoms with van der Waals surface area (Å²) in [5.41, 5.74) is 2.10. The smallest absolute Gasteiger partial charge is 0.255 e. The number of rotatable bonds is 4. The van der Waals surface area contributed by atoms with Crippen LogP contribution in [0.5, 0.6) is 0 Å². The van der Waals surface area contributed by atoms with E-state index in [1.54, 1.807) is 12.3 Å². The molecular weight excluding hydrogens is 300 g/mol. The average molecular weight is 319 g/mol. The minimum atomic E-state index is -0.103. The van der Waals surface area contributed by atoms with Gasteiger partial charge < -0.3 is 10.6 Å². The number of nitrogens with one attached hydrogen (secondary N) is 3. The van der Waals surface area contributed by atoms with Crippen LogP contribution in [0, 0.1) is 5.92 Å². The molecule has 116 valence electrons. The van der Waals surface area contributed by atoms with E-state index in [-0.39, 0.29) is 5.91 Å². The normalized spacial score (nSPS) is 18.1. The first-order chi connectivity index (χ1) is 10.7. The van der Waals surface area contributed by atoms with Crippen LogP contribution in [0.4, 0.5) is 0 Å². The van der Waals surface area contributed by atoms with E-state index in [1.807, 2.05) is 18.2 Å². The number of aromatic amines is 1. The predicted molar refractivity (Wildman–Crippen MR) is 87.0 cm³/mol. The Balaban J connectivity index is 1.69. The zero-order valence-corrected chi connectivity index (χ0v) is 13.0. The summed E-state index contributed by atoms with van der Waals surface area (Å²) < 4.78 is 0. The van der Waals surface area contributed by atoms with Crippen molar-refractivity contribution in [2.45, 2.75) is 12.8 Å². The standard InChI is InChI=1S/C16H19ClN4O/c17-13-5-1-4-12(7-13)15-14(10-20-21-15)16(22)19-9-11-3-2-6-18-8-11/h1,4-5,7,10-11,18H,2-3,6,8-9H2,(H,19,22)(H,20,21). The van der Waals surface area contributed by atoms with E-state index in [9.17, 15) is 4.79 Å². The lowest BCUT2D eigenvalue weighted by atomic mass is 9.99. The van der Waals surface area contributed by atoms with Crippen molar-refractivity contribution in [3.63, 3.8) is 0 Å². The number of nitrogens with zero attached hydrogens (tertiary/aromatic N) is 1. The van der Waals surface area contributed by atoms with Crippen molar-refractivity contribution in [3.05, 3.63) is 41.0 Å². The second-order valence-electron chi connectivity index (χ2n) is 5.59. The molecule has 1 fully saturated rings. The maximum Gasteiger partial charge on any atom is 0.255 e. The fourth-order valence-corrected chi connectivity index (χ4v) is 2.94. The predicted octanol–water partition coefficient (Wildman–Crippen LogP) is 2.46. The summed E-state index contributed by atoms with van der Waals surface area (Å²) in [6.07, 6.45) is 3.88. The van der Waals surface area contributed by atoms with Gasteiger partial charge in [0.05, 0.1) is 17.5 Å². The van der Waals surface area contributed by atoms with Gasteiger partial charge in [0.2, 0.25) is 0 Å². The van der Waals surface area contributed by atoms with Gasteiger partial charge in [-0.15, -0.1) is 0 Å². The molecule has 1 saturated heterocycles. The molecule has 0 spiro atoms. The number of H-pyrrole nitrogens is 1. The van der Waals surface area contributed by atoms with Gasteiger partial charge in [0.15, 0.2) is 0 Å². The van der Waals surface area contributed by atoms with Crippen LogP contribution in [0.3, 0.4) is 0 Å². The molecule has 3 N–H and O–H groups in total. The van der Waals surface area contributed by atoms with Gasteiger partial charge in [0.25, 0.3) is 5.91 Å². The summed E-state index contributed by atoms with van der Waals surface area (Å²) in [7, 11) is 0. The maximum atomic E-state index is 12.4. The second kappa shape index (κ2) is 6.94. The molecule has 0 aliphatic carbocycles. The average Bonchev–Trinajstić information content (AvgIpc) is 3.03. The van der Waals surface area contributed by atoms with Crippen LogP contribution in [0.2, 0.25) is 5.02 Å². The molecule has 1 aromatic carbocycles. The Morgan fingerprint density at radius 1 is 1.45 bits per heavy atom. The van der Waals surface area contributed by atoms with Gasteiger partial charge >= 0.3 is 0 Å². The highest BCUT2D eigenvalue weighted by Crippen LogP contribution is 2.24. The molecule has 3 rings (SSSR count). The lowest BCUT2D eigenvalue weighted by Crippen LogP contribution is -2.38. The molecule has 2 aromatic rings. The maximum absolute atomic E-state index is 12.4. The minimum absolute atomic E-state index is 0.103. The van der Waals surface area contributed by atoms with Crippen LogP contribution in [0.1, 0.15) is 23.2 Å². The minimum Gasteiger partial charge on any atom is -0.352 e. The second-order valence-corrected chi connectivity index (χ2v) is 6.03. The molecule has 2 heterocycles. The first-order valence-electron chi connectivity index (χ1n) is 7.52. The Hall–Kier alpha value is -1.85. The molecule has 1 unspecified atom stereocenters. The molecule has 1 amide bonds. The molecule has 1 aromatic heterocycles. The number of amides is 1. The van der Waals surface area contributed by atoms with Gasteiger partial charge in [0.1, 0.15) is 0 Å². The van der Waals surface area contributed by atoms with E-state index >= 15 is 0 Å². The molecule has 0 saturated carbocycles. The quantitative estimate of drug-likeness (QED) is 0.811. The zero-order chi connectivity index (χ0) is 15.4. The summed E-state index contributed by atoms with van der Waals surface area (Å²) >= 11 is 6.01. The van der Waals surface area contributed by atoms with Crippen molar-refractivity contribution >= 4 is 17.5 Å². The van der Waals surface area contributed by atoms with Crippen molar-refractivity contribution < 1.29 is 4.79 Å². The molecular formula is C16H19ClN4O. The van der Waals surface area contributed by atoms with Crippen LogP contribution in [0.15, 0.2) is 30.5 Å². The van der Waals surface area contributed by atoms with Gasteiger partial charge in [-0.1, -0.05) is 23.7 Å². The van der Waals surface area contributed by atoms with Crippen molar-refractivity contribution in [2.75, 3.05) is 19.6 Å². The Morgan fingerprint density at radius 3 is 3.14 bits per heavy atom. The van der Waals surface area contributed by atoms with Crippen molar-refractivity contribution in [2.24, 2.45) is 5.92 Å². The number of benzene rings is 1. The number of halogens is 1. The Kier molecular flexibility index (Phi) is 4.75. The number of hydrogen-bond acceptors (Lipinski definition) is 3. The number of aromatic nitrogens is 2. The molecule has 1 aliphatic heterocycles. The molecule has 0 radical (unpaired) electrons. The Bertz CT molecular complexity index is 649. The van der Waals surface area contributed by atoms with E-state index in [1.165, 1.54) is 6.42 Å². The van der Waals surface area contributed by atoms with Gasteiger partial charge in [-0.3, -0.25) is 9.89 Å². The van der Waals surface area contributed by atoms with E-state index < -0.39 is 0 Å². The van der Waals surface area contributed by atoms with Crippen molar-refractivity contribution in [1.82, 2.24) is 20.8 Å². The van der Waals surface area contributed by atoms with Crippen LogP contribution in [-0.4, -0.2) is 35.7 Å². The largest absolute Gasteiger partial charge is 0.352 e. The summed E-state index contributed by atoms with van der Waals surface area (Å²) in [6, 6.07) is 7.38. The third-order valence-corrected chi connectivity index (χ3v) is 4.18. The first-order valence-corrected chi connectivity index (χ1v) is 7.90. The summed E-state index contributed by atoms with van der Waals surface area (Å²) in [6.45, 7) is 2.73. The molecule has 0 bridgehead atoms. The monoisotopic (exact) mass is 318 g/mol. The molecule has 6 heteroatoms. The van der Waals surface area contributed by atoms with Gasteiger partial charge in [0, 0.05) is 17.1 Å². The van der Waals surface area contributed by atoms with Crippen molar-refractivity contribution in [3.8, 4) is 11.3 Å². The third-order valence-electron chi connectivity index (χ3n) is 3.95. The summed E-state index contributed by atoms with van der Waals surface area (Å²) in [5, 5.41) is 13.9. The zero-order valence-electron chi connectivity index (χ0n) is 12.2. The highest BCUT2D eigenvalue weighted by atomic mass is 35.5.